The average molecular weight is 773 g/mol. The lowest BCUT2D eigenvalue weighted by molar-refractivity contribution is -0.309. The second-order valence-corrected chi connectivity index (χ2v) is 15.7. The SMILES string of the molecule is CCC(=O)O[C@@H]1CC(=O)NC(CCCc2cnc3ccccc3c2)CCN(C)C[C@H](O)[C@H](C)C[C@H](CC=O)[C@H](O[C@@H]2OC(C)[C@H](O)C(N(C)C)C2O)[C@H]1OC. The monoisotopic (exact) mass is 772 g/mol. The van der Waals surface area contributed by atoms with Gasteiger partial charge in [-0.05, 0) is 96.2 Å². The lowest BCUT2D eigenvalue weighted by Crippen LogP contribution is -2.63. The Morgan fingerprint density at radius 2 is 1.89 bits per heavy atom. The molecule has 1 aromatic carbocycles. The average Bonchev–Trinajstić information content (AvgIpc) is 3.14. The summed E-state index contributed by atoms with van der Waals surface area (Å²) >= 11 is 0. The van der Waals surface area contributed by atoms with Crippen molar-refractivity contribution in [1.82, 2.24) is 20.1 Å². The number of aliphatic hydroxyl groups is 3. The summed E-state index contributed by atoms with van der Waals surface area (Å²) in [7, 11) is 6.82. The number of methoxy groups -OCH3 is 1. The number of amides is 1. The number of aromatic nitrogens is 1. The van der Waals surface area contributed by atoms with Crippen LogP contribution in [0.3, 0.4) is 0 Å². The van der Waals surface area contributed by atoms with Crippen LogP contribution in [0, 0.1) is 11.8 Å². The molecule has 4 rings (SSSR count). The van der Waals surface area contributed by atoms with Gasteiger partial charge in [0, 0.05) is 44.1 Å². The number of esters is 1. The molecule has 0 saturated carbocycles. The maximum Gasteiger partial charge on any atom is 0.305 e. The van der Waals surface area contributed by atoms with E-state index in [1.54, 1.807) is 32.8 Å². The third kappa shape index (κ3) is 12.5. The number of nitrogens with zero attached hydrogens (tertiary/aromatic N) is 3. The van der Waals surface area contributed by atoms with E-state index in [0.29, 0.717) is 32.4 Å². The van der Waals surface area contributed by atoms with Crippen LogP contribution in [0.1, 0.15) is 71.3 Å². The standard InChI is InChI=1S/C41H64N4O10/c1-8-35(49)54-33-22-34(48)43-30(14-11-12-27-21-28-13-9-10-15-31(28)42-23-27)16-18-45(6)24-32(47)25(2)20-29(17-19-46)39(40(33)52-7)55-41-38(51)36(44(4)5)37(50)26(3)53-41/h9-10,13,15,19,21,23,25-26,29-30,32-33,36-41,47,50-51H,8,11-12,14,16-18,20,22,24H2,1-7H3,(H,43,48)/t25-,26?,29+,30?,32+,33-,36?,37+,38?,39+,40+,41+/m1/s1. The number of aliphatic hydroxyl groups excluding tert-OH is 3. The van der Waals surface area contributed by atoms with Gasteiger partial charge in [0.1, 0.15) is 24.6 Å². The molecule has 308 valence electrons. The summed E-state index contributed by atoms with van der Waals surface area (Å²) in [4.78, 5) is 47.5. The number of hydrogen-bond acceptors (Lipinski definition) is 13. The van der Waals surface area contributed by atoms with Gasteiger partial charge in [-0.1, -0.05) is 32.0 Å². The van der Waals surface area contributed by atoms with E-state index < -0.39 is 66.9 Å². The minimum Gasteiger partial charge on any atom is -0.459 e. The Morgan fingerprint density at radius 1 is 1.15 bits per heavy atom. The zero-order chi connectivity index (χ0) is 40.2. The largest absolute Gasteiger partial charge is 0.459 e. The van der Waals surface area contributed by atoms with Gasteiger partial charge in [0.15, 0.2) is 6.29 Å². The number of carbonyl (C=O) groups excluding carboxylic acids is 3. The van der Waals surface area contributed by atoms with Crippen molar-refractivity contribution in [2.45, 2.75) is 133 Å². The fraction of sp³-hybridized carbons (Fsp3) is 0.707. The van der Waals surface area contributed by atoms with Crippen molar-refractivity contribution in [3.8, 4) is 0 Å². The number of benzene rings is 1. The molecule has 1 amide bonds. The first-order valence-corrected chi connectivity index (χ1v) is 19.7. The third-order valence-corrected chi connectivity index (χ3v) is 11.2. The second-order valence-electron chi connectivity index (χ2n) is 15.7. The number of para-hydroxylation sites is 1. The van der Waals surface area contributed by atoms with Gasteiger partial charge >= 0.3 is 5.97 Å². The first kappa shape index (κ1) is 44.6. The van der Waals surface area contributed by atoms with E-state index in [2.05, 4.69) is 16.4 Å². The van der Waals surface area contributed by atoms with E-state index in [4.69, 9.17) is 18.9 Å². The van der Waals surface area contributed by atoms with Crippen LogP contribution in [0.5, 0.6) is 0 Å². The van der Waals surface area contributed by atoms with Crippen molar-refractivity contribution in [2.24, 2.45) is 11.8 Å². The molecule has 0 spiro atoms. The van der Waals surface area contributed by atoms with Gasteiger partial charge in [0.2, 0.25) is 5.91 Å². The lowest BCUT2D eigenvalue weighted by Gasteiger charge is -2.47. The summed E-state index contributed by atoms with van der Waals surface area (Å²) in [6.45, 7) is 6.21. The molecule has 2 aliphatic rings. The van der Waals surface area contributed by atoms with Crippen LogP contribution in [0.15, 0.2) is 36.5 Å². The van der Waals surface area contributed by atoms with Gasteiger partial charge < -0.3 is 54.2 Å². The minimum absolute atomic E-state index is 0.00896. The number of rotatable bonds is 12. The minimum atomic E-state index is -1.31. The Balaban J connectivity index is 1.65. The number of aldehydes is 1. The van der Waals surface area contributed by atoms with E-state index in [9.17, 15) is 29.7 Å². The van der Waals surface area contributed by atoms with Crippen molar-refractivity contribution in [2.75, 3.05) is 41.3 Å². The smallest absolute Gasteiger partial charge is 0.305 e. The number of hydrogen-bond donors (Lipinski definition) is 4. The Kier molecular flexibility index (Phi) is 17.4. The third-order valence-electron chi connectivity index (χ3n) is 11.2. The summed E-state index contributed by atoms with van der Waals surface area (Å²) < 4.78 is 24.6. The molecule has 14 nitrogen and oxygen atoms in total. The zero-order valence-corrected chi connectivity index (χ0v) is 33.6. The van der Waals surface area contributed by atoms with E-state index in [1.807, 2.05) is 49.3 Å². The molecule has 2 aliphatic heterocycles. The Morgan fingerprint density at radius 3 is 2.58 bits per heavy atom. The summed E-state index contributed by atoms with van der Waals surface area (Å²) in [6.07, 6.45) is -2.74. The number of pyridine rings is 1. The number of likely N-dealkylation sites (N-methyl/N-ethyl adjacent to an activating group) is 2. The molecule has 55 heavy (non-hydrogen) atoms. The molecule has 2 saturated heterocycles. The number of ether oxygens (including phenoxy) is 4. The molecule has 0 bridgehead atoms. The Hall–Kier alpha value is -3.08. The molecule has 1 aromatic heterocycles. The van der Waals surface area contributed by atoms with E-state index in [0.717, 1.165) is 35.6 Å². The molecular weight excluding hydrogens is 708 g/mol. The van der Waals surface area contributed by atoms with E-state index >= 15 is 0 Å². The molecule has 14 heteroatoms. The molecule has 4 N–H and O–H groups in total. The summed E-state index contributed by atoms with van der Waals surface area (Å²) in [5, 5.41) is 38.1. The highest BCUT2D eigenvalue weighted by Gasteiger charge is 2.48. The number of β-amino-alcohol motifs (C(OH)–C–C–N with tert-alkyl or cyclic N) is 1. The summed E-state index contributed by atoms with van der Waals surface area (Å²) in [5.74, 6) is -1.81. The van der Waals surface area contributed by atoms with Crippen LogP contribution in [-0.4, -0.2) is 151 Å². The fourth-order valence-electron chi connectivity index (χ4n) is 7.98. The molecular formula is C41H64N4O10. The highest BCUT2D eigenvalue weighted by Crippen LogP contribution is 2.34. The molecule has 12 atom stereocenters. The molecule has 3 heterocycles. The highest BCUT2D eigenvalue weighted by atomic mass is 16.7. The predicted octanol–water partition coefficient (Wildman–Crippen LogP) is 2.48. The zero-order valence-electron chi connectivity index (χ0n) is 33.6. The van der Waals surface area contributed by atoms with Crippen LogP contribution in [0.25, 0.3) is 10.9 Å². The maximum absolute atomic E-state index is 14.0. The van der Waals surface area contributed by atoms with Crippen molar-refractivity contribution in [3.05, 3.63) is 42.1 Å². The second kappa shape index (κ2) is 21.4. The van der Waals surface area contributed by atoms with Crippen molar-refractivity contribution < 1.29 is 48.7 Å². The number of carbonyl (C=O) groups is 3. The summed E-state index contributed by atoms with van der Waals surface area (Å²) in [6, 6.07) is 9.15. The number of aryl methyl sites for hydroxylation is 1. The Labute approximate surface area is 325 Å². The topological polar surface area (TPSA) is 180 Å². The van der Waals surface area contributed by atoms with Crippen LogP contribution < -0.4 is 5.32 Å². The van der Waals surface area contributed by atoms with Gasteiger partial charge in [0.05, 0.1) is 42.4 Å². The van der Waals surface area contributed by atoms with Crippen molar-refractivity contribution >= 4 is 29.1 Å². The molecule has 0 radical (unpaired) electrons. The van der Waals surface area contributed by atoms with Gasteiger partial charge in [-0.25, -0.2) is 0 Å². The number of nitrogens with one attached hydrogen (secondary N) is 1. The maximum atomic E-state index is 14.0. The van der Waals surface area contributed by atoms with Gasteiger partial charge in [-0.2, -0.15) is 0 Å². The van der Waals surface area contributed by atoms with Crippen molar-refractivity contribution in [3.63, 3.8) is 0 Å². The Bertz CT molecular complexity index is 1510. The molecule has 2 fully saturated rings. The predicted molar refractivity (Wildman–Crippen MR) is 207 cm³/mol. The number of fused-ring (bicyclic) bond motifs is 1. The van der Waals surface area contributed by atoms with E-state index in [1.165, 1.54) is 7.11 Å². The van der Waals surface area contributed by atoms with Crippen LogP contribution in [0.2, 0.25) is 0 Å². The van der Waals surface area contributed by atoms with Crippen LogP contribution >= 0.6 is 0 Å². The van der Waals surface area contributed by atoms with Crippen LogP contribution in [0.4, 0.5) is 0 Å². The molecule has 2 aromatic rings. The fourth-order valence-corrected chi connectivity index (χ4v) is 7.98. The van der Waals surface area contributed by atoms with Crippen LogP contribution in [-0.2, 0) is 39.8 Å². The lowest BCUT2D eigenvalue weighted by atomic mass is 9.82. The van der Waals surface area contributed by atoms with Gasteiger partial charge in [0.25, 0.3) is 0 Å². The van der Waals surface area contributed by atoms with Gasteiger partial charge in [-0.15, -0.1) is 0 Å². The van der Waals surface area contributed by atoms with Crippen molar-refractivity contribution in [1.29, 1.82) is 0 Å². The highest BCUT2D eigenvalue weighted by molar-refractivity contribution is 5.79. The molecule has 4 unspecified atom stereocenters. The summed E-state index contributed by atoms with van der Waals surface area (Å²) in [5.41, 5.74) is 2.04. The molecule has 0 aliphatic carbocycles. The van der Waals surface area contributed by atoms with Gasteiger partial charge in [-0.3, -0.25) is 14.6 Å². The van der Waals surface area contributed by atoms with E-state index in [-0.39, 0.29) is 37.1 Å². The first-order chi connectivity index (χ1) is 26.3. The first-order valence-electron chi connectivity index (χ1n) is 19.7. The quantitative estimate of drug-likeness (QED) is 0.183. The normalized spacial score (nSPS) is 33.4.